The maximum Gasteiger partial charge on any atom is 0.227 e. The molecule has 3 rings (SSSR count). The zero-order valence-electron chi connectivity index (χ0n) is 14.0. The third-order valence-electron chi connectivity index (χ3n) is 3.64. The molecule has 0 atom stereocenters. The van der Waals surface area contributed by atoms with Crippen LogP contribution in [0.3, 0.4) is 0 Å². The van der Waals surface area contributed by atoms with E-state index in [9.17, 15) is 8.78 Å². The Hall–Kier alpha value is -3.02. The van der Waals surface area contributed by atoms with Gasteiger partial charge in [-0.2, -0.15) is 4.98 Å². The highest BCUT2D eigenvalue weighted by atomic mass is 19.2. The van der Waals surface area contributed by atoms with Crippen LogP contribution < -0.4 is 10.2 Å². The van der Waals surface area contributed by atoms with Crippen LogP contribution in [0.2, 0.25) is 0 Å². The molecule has 1 heterocycles. The van der Waals surface area contributed by atoms with Crippen molar-refractivity contribution in [2.45, 2.75) is 13.5 Å². The molecular weight excluding hydrogens is 322 g/mol. The maximum absolute atomic E-state index is 13.4. The summed E-state index contributed by atoms with van der Waals surface area (Å²) in [6.07, 6.45) is 0. The van der Waals surface area contributed by atoms with Crippen LogP contribution in [0.1, 0.15) is 11.3 Å². The number of anilines is 3. The Balaban J connectivity index is 1.81. The zero-order chi connectivity index (χ0) is 17.8. The monoisotopic (exact) mass is 340 g/mol. The van der Waals surface area contributed by atoms with E-state index in [4.69, 9.17) is 0 Å². The van der Waals surface area contributed by atoms with Gasteiger partial charge in [-0.15, -0.1) is 0 Å². The molecule has 0 unspecified atom stereocenters. The van der Waals surface area contributed by atoms with E-state index in [0.717, 1.165) is 23.4 Å². The van der Waals surface area contributed by atoms with Gasteiger partial charge in [0.1, 0.15) is 5.82 Å². The maximum atomic E-state index is 13.4. The van der Waals surface area contributed by atoms with E-state index in [1.165, 1.54) is 6.07 Å². The number of halogens is 2. The summed E-state index contributed by atoms with van der Waals surface area (Å²) in [5, 5.41) is 2.99. The van der Waals surface area contributed by atoms with Crippen LogP contribution in [0.25, 0.3) is 0 Å². The predicted octanol–water partition coefficient (Wildman–Crippen LogP) is 4.44. The Bertz CT molecular complexity index is 869. The van der Waals surface area contributed by atoms with Gasteiger partial charge in [0.05, 0.1) is 0 Å². The Morgan fingerprint density at radius 3 is 2.44 bits per heavy atom. The molecule has 0 aliphatic heterocycles. The van der Waals surface area contributed by atoms with Crippen LogP contribution in [0.15, 0.2) is 54.6 Å². The molecule has 0 aliphatic carbocycles. The molecular formula is C19H18F2N4. The summed E-state index contributed by atoms with van der Waals surface area (Å²) in [5.74, 6) is -0.716. The van der Waals surface area contributed by atoms with E-state index in [0.29, 0.717) is 24.0 Å². The second kappa shape index (κ2) is 7.25. The Labute approximate surface area is 145 Å². The minimum absolute atomic E-state index is 0.425. The lowest BCUT2D eigenvalue weighted by Crippen LogP contribution is -2.19. The van der Waals surface area contributed by atoms with E-state index in [2.05, 4.69) is 15.3 Å². The Morgan fingerprint density at radius 2 is 1.72 bits per heavy atom. The molecule has 1 N–H and O–H groups in total. The molecule has 0 saturated carbocycles. The number of benzene rings is 2. The lowest BCUT2D eigenvalue weighted by molar-refractivity contribution is 0.509. The second-order valence-corrected chi connectivity index (χ2v) is 5.79. The topological polar surface area (TPSA) is 41.1 Å². The standard InChI is InChI=1S/C19H18F2N4/c1-13-10-18(23-15-8-9-16(20)17(21)11-15)24-19(22-13)25(2)12-14-6-4-3-5-7-14/h3-11H,12H2,1-2H3,(H,22,23,24). The van der Waals surface area contributed by atoms with Crippen molar-refractivity contribution in [3.05, 3.63) is 77.5 Å². The minimum Gasteiger partial charge on any atom is -0.340 e. The van der Waals surface area contributed by atoms with E-state index in [-0.39, 0.29) is 0 Å². The van der Waals surface area contributed by atoms with E-state index in [1.54, 1.807) is 6.07 Å². The van der Waals surface area contributed by atoms with Gasteiger partial charge in [0.2, 0.25) is 5.95 Å². The highest BCUT2D eigenvalue weighted by Gasteiger charge is 2.09. The first kappa shape index (κ1) is 16.8. The first-order valence-corrected chi connectivity index (χ1v) is 7.84. The Kier molecular flexibility index (Phi) is 4.88. The van der Waals surface area contributed by atoms with Crippen molar-refractivity contribution in [3.8, 4) is 0 Å². The first-order chi connectivity index (χ1) is 12.0. The number of nitrogens with zero attached hydrogens (tertiary/aromatic N) is 3. The van der Waals surface area contributed by atoms with Crippen molar-refractivity contribution in [3.63, 3.8) is 0 Å². The molecule has 0 fully saturated rings. The van der Waals surface area contributed by atoms with E-state index >= 15 is 0 Å². The van der Waals surface area contributed by atoms with Crippen molar-refractivity contribution in [1.82, 2.24) is 9.97 Å². The summed E-state index contributed by atoms with van der Waals surface area (Å²) < 4.78 is 26.4. The van der Waals surface area contributed by atoms with Gasteiger partial charge in [-0.25, -0.2) is 13.8 Å². The van der Waals surface area contributed by atoms with Gasteiger partial charge in [-0.1, -0.05) is 30.3 Å². The highest BCUT2D eigenvalue weighted by molar-refractivity contribution is 5.57. The zero-order valence-corrected chi connectivity index (χ0v) is 14.0. The molecule has 0 spiro atoms. The number of nitrogens with one attached hydrogen (secondary N) is 1. The van der Waals surface area contributed by atoms with Gasteiger partial charge in [-0.05, 0) is 24.6 Å². The van der Waals surface area contributed by atoms with Crippen LogP contribution >= 0.6 is 0 Å². The van der Waals surface area contributed by atoms with Crippen LogP contribution in [0, 0.1) is 18.6 Å². The number of hydrogen-bond acceptors (Lipinski definition) is 4. The number of hydrogen-bond donors (Lipinski definition) is 1. The summed E-state index contributed by atoms with van der Waals surface area (Å²) in [5.41, 5.74) is 2.34. The summed E-state index contributed by atoms with van der Waals surface area (Å²) in [6.45, 7) is 2.52. The summed E-state index contributed by atoms with van der Waals surface area (Å²) in [4.78, 5) is 10.8. The minimum atomic E-state index is -0.905. The van der Waals surface area contributed by atoms with Crippen molar-refractivity contribution in [2.24, 2.45) is 0 Å². The smallest absolute Gasteiger partial charge is 0.227 e. The summed E-state index contributed by atoms with van der Waals surface area (Å²) in [7, 11) is 1.91. The summed E-state index contributed by atoms with van der Waals surface area (Å²) in [6, 6.07) is 15.4. The van der Waals surface area contributed by atoms with E-state index in [1.807, 2.05) is 49.2 Å². The van der Waals surface area contributed by atoms with Gasteiger partial charge in [0.15, 0.2) is 11.6 Å². The van der Waals surface area contributed by atoms with Gasteiger partial charge in [-0.3, -0.25) is 0 Å². The third kappa shape index (κ3) is 4.29. The number of aryl methyl sites for hydroxylation is 1. The SMILES string of the molecule is Cc1cc(Nc2ccc(F)c(F)c2)nc(N(C)Cc2ccccc2)n1. The van der Waals surface area contributed by atoms with Gasteiger partial charge in [0, 0.05) is 37.1 Å². The largest absolute Gasteiger partial charge is 0.340 e. The Morgan fingerprint density at radius 1 is 0.960 bits per heavy atom. The average Bonchev–Trinajstić information content (AvgIpc) is 2.58. The van der Waals surface area contributed by atoms with Crippen molar-refractivity contribution < 1.29 is 8.78 Å². The molecule has 1 aromatic heterocycles. The normalized spacial score (nSPS) is 10.6. The molecule has 3 aromatic rings. The van der Waals surface area contributed by atoms with Gasteiger partial charge >= 0.3 is 0 Å². The molecule has 0 aliphatic rings. The fraction of sp³-hybridized carbons (Fsp3) is 0.158. The molecule has 25 heavy (non-hydrogen) atoms. The fourth-order valence-corrected chi connectivity index (χ4v) is 2.44. The van der Waals surface area contributed by atoms with Crippen LogP contribution in [0.4, 0.5) is 26.2 Å². The molecule has 0 saturated heterocycles. The van der Waals surface area contributed by atoms with Crippen LogP contribution in [0.5, 0.6) is 0 Å². The van der Waals surface area contributed by atoms with Crippen molar-refractivity contribution in [2.75, 3.05) is 17.3 Å². The molecule has 6 heteroatoms. The lowest BCUT2D eigenvalue weighted by Gasteiger charge is -2.18. The second-order valence-electron chi connectivity index (χ2n) is 5.79. The summed E-state index contributed by atoms with van der Waals surface area (Å²) >= 11 is 0. The van der Waals surface area contributed by atoms with Gasteiger partial charge < -0.3 is 10.2 Å². The molecule has 0 radical (unpaired) electrons. The van der Waals surface area contributed by atoms with Gasteiger partial charge in [0.25, 0.3) is 0 Å². The quantitative estimate of drug-likeness (QED) is 0.745. The first-order valence-electron chi connectivity index (χ1n) is 7.84. The average molecular weight is 340 g/mol. The van der Waals surface area contributed by atoms with E-state index < -0.39 is 11.6 Å². The third-order valence-corrected chi connectivity index (χ3v) is 3.64. The van der Waals surface area contributed by atoms with Crippen molar-refractivity contribution >= 4 is 17.5 Å². The molecule has 0 amide bonds. The fourth-order valence-electron chi connectivity index (χ4n) is 2.44. The highest BCUT2D eigenvalue weighted by Crippen LogP contribution is 2.20. The predicted molar refractivity (Wildman–Crippen MR) is 95.0 cm³/mol. The molecule has 0 bridgehead atoms. The molecule has 4 nitrogen and oxygen atoms in total. The molecule has 128 valence electrons. The van der Waals surface area contributed by atoms with Crippen LogP contribution in [-0.2, 0) is 6.54 Å². The number of aromatic nitrogens is 2. The lowest BCUT2D eigenvalue weighted by atomic mass is 10.2. The van der Waals surface area contributed by atoms with Crippen molar-refractivity contribution in [1.29, 1.82) is 0 Å². The van der Waals surface area contributed by atoms with Crippen LogP contribution in [-0.4, -0.2) is 17.0 Å². The molecule has 2 aromatic carbocycles. The number of rotatable bonds is 5.